The van der Waals surface area contributed by atoms with E-state index in [-0.39, 0.29) is 23.8 Å². The van der Waals surface area contributed by atoms with Gasteiger partial charge < -0.3 is 9.73 Å². The standard InChI is InChI=1S/C19H17F2N3O3S/c1-10(14-4-3-12(20)7-16(14)21)22-17(25)8-13-9-28-19(23-13)24-18(26)15-5-6-27-11(15)2/h3-7,9-10H,8H2,1-2H3,(H,22,25)(H,23,24,26)/t10-/m0/s1. The van der Waals surface area contributed by atoms with Crippen molar-refractivity contribution in [3.63, 3.8) is 0 Å². The molecule has 0 aliphatic heterocycles. The maximum Gasteiger partial charge on any atom is 0.260 e. The summed E-state index contributed by atoms with van der Waals surface area (Å²) in [7, 11) is 0. The summed E-state index contributed by atoms with van der Waals surface area (Å²) in [6, 6.07) is 4.13. The fraction of sp³-hybridized carbons (Fsp3) is 0.211. The van der Waals surface area contributed by atoms with Crippen molar-refractivity contribution in [2.24, 2.45) is 0 Å². The van der Waals surface area contributed by atoms with Crippen LogP contribution in [0.1, 0.15) is 40.3 Å². The molecule has 146 valence electrons. The molecule has 2 aromatic heterocycles. The van der Waals surface area contributed by atoms with Crippen LogP contribution in [0.25, 0.3) is 0 Å². The summed E-state index contributed by atoms with van der Waals surface area (Å²) in [4.78, 5) is 28.5. The number of hydrogen-bond donors (Lipinski definition) is 2. The number of thiazole rings is 1. The van der Waals surface area contributed by atoms with Gasteiger partial charge in [0.1, 0.15) is 17.4 Å². The zero-order valence-corrected chi connectivity index (χ0v) is 15.9. The van der Waals surface area contributed by atoms with Gasteiger partial charge in [-0.2, -0.15) is 0 Å². The number of aromatic nitrogens is 1. The average molecular weight is 405 g/mol. The number of carbonyl (C=O) groups excluding carboxylic acids is 2. The number of rotatable bonds is 6. The number of furan rings is 1. The van der Waals surface area contributed by atoms with Crippen LogP contribution in [-0.4, -0.2) is 16.8 Å². The van der Waals surface area contributed by atoms with Crippen molar-refractivity contribution in [2.75, 3.05) is 5.32 Å². The molecule has 2 N–H and O–H groups in total. The number of benzene rings is 1. The van der Waals surface area contributed by atoms with E-state index < -0.39 is 17.7 Å². The predicted molar refractivity (Wildman–Crippen MR) is 100 cm³/mol. The zero-order chi connectivity index (χ0) is 20.3. The number of halogens is 2. The Morgan fingerprint density at radius 3 is 2.75 bits per heavy atom. The molecular formula is C19H17F2N3O3S. The van der Waals surface area contributed by atoms with E-state index in [0.717, 1.165) is 12.1 Å². The average Bonchev–Trinajstić information content (AvgIpc) is 3.23. The van der Waals surface area contributed by atoms with Crippen LogP contribution >= 0.6 is 11.3 Å². The van der Waals surface area contributed by atoms with Crippen molar-refractivity contribution in [1.82, 2.24) is 10.3 Å². The highest BCUT2D eigenvalue weighted by Gasteiger charge is 2.17. The SMILES string of the molecule is Cc1occc1C(=O)Nc1nc(CC(=O)N[C@@H](C)c2ccc(F)cc2F)cs1. The molecule has 1 atom stereocenters. The molecule has 6 nitrogen and oxygen atoms in total. The molecule has 0 bridgehead atoms. The molecule has 0 aliphatic rings. The van der Waals surface area contributed by atoms with Gasteiger partial charge in [0.2, 0.25) is 5.91 Å². The van der Waals surface area contributed by atoms with Gasteiger partial charge in [-0.25, -0.2) is 13.8 Å². The smallest absolute Gasteiger partial charge is 0.260 e. The number of carbonyl (C=O) groups is 2. The summed E-state index contributed by atoms with van der Waals surface area (Å²) >= 11 is 1.19. The highest BCUT2D eigenvalue weighted by Crippen LogP contribution is 2.20. The van der Waals surface area contributed by atoms with E-state index in [0.29, 0.717) is 22.1 Å². The van der Waals surface area contributed by atoms with Crippen LogP contribution in [-0.2, 0) is 11.2 Å². The molecule has 0 radical (unpaired) electrons. The molecule has 3 aromatic rings. The third-order valence-corrected chi connectivity index (χ3v) is 4.83. The Hall–Kier alpha value is -3.07. The molecule has 28 heavy (non-hydrogen) atoms. The van der Waals surface area contributed by atoms with E-state index in [1.165, 1.54) is 23.7 Å². The van der Waals surface area contributed by atoms with Gasteiger partial charge in [0.25, 0.3) is 5.91 Å². The van der Waals surface area contributed by atoms with Crippen molar-refractivity contribution in [3.8, 4) is 0 Å². The van der Waals surface area contributed by atoms with E-state index in [1.807, 2.05) is 0 Å². The maximum atomic E-state index is 13.8. The van der Waals surface area contributed by atoms with E-state index in [1.54, 1.807) is 25.3 Å². The summed E-state index contributed by atoms with van der Waals surface area (Å²) in [6.07, 6.45) is 1.39. The largest absolute Gasteiger partial charge is 0.469 e. The molecule has 9 heteroatoms. The van der Waals surface area contributed by atoms with Gasteiger partial charge >= 0.3 is 0 Å². The number of nitrogens with one attached hydrogen (secondary N) is 2. The maximum absolute atomic E-state index is 13.8. The normalized spacial score (nSPS) is 11.9. The van der Waals surface area contributed by atoms with Crippen LogP contribution in [0.3, 0.4) is 0 Å². The Bertz CT molecular complexity index is 1020. The van der Waals surface area contributed by atoms with Crippen LogP contribution in [0.4, 0.5) is 13.9 Å². The second kappa shape index (κ2) is 8.30. The first-order chi connectivity index (χ1) is 13.3. The number of nitrogens with zero attached hydrogens (tertiary/aromatic N) is 1. The van der Waals surface area contributed by atoms with Gasteiger partial charge in [-0.05, 0) is 26.0 Å². The van der Waals surface area contributed by atoms with E-state index in [4.69, 9.17) is 4.42 Å². The fourth-order valence-electron chi connectivity index (χ4n) is 2.62. The first-order valence-corrected chi connectivity index (χ1v) is 9.25. The van der Waals surface area contributed by atoms with E-state index in [2.05, 4.69) is 15.6 Å². The number of anilines is 1. The lowest BCUT2D eigenvalue weighted by Gasteiger charge is -2.14. The van der Waals surface area contributed by atoms with Crippen molar-refractivity contribution in [1.29, 1.82) is 0 Å². The Balaban J connectivity index is 1.57. The predicted octanol–water partition coefficient (Wildman–Crippen LogP) is 3.99. The minimum absolute atomic E-state index is 0.0374. The van der Waals surface area contributed by atoms with Gasteiger partial charge in [-0.1, -0.05) is 6.07 Å². The number of hydrogen-bond acceptors (Lipinski definition) is 5. The summed E-state index contributed by atoms with van der Waals surface area (Å²) in [5, 5.41) is 7.30. The second-order valence-corrected chi connectivity index (χ2v) is 6.98. The monoisotopic (exact) mass is 405 g/mol. The summed E-state index contributed by atoms with van der Waals surface area (Å²) in [5.74, 6) is -1.62. The Kier molecular flexibility index (Phi) is 5.84. The van der Waals surface area contributed by atoms with Crippen molar-refractivity contribution >= 4 is 28.3 Å². The first kappa shape index (κ1) is 19.7. The lowest BCUT2D eigenvalue weighted by molar-refractivity contribution is -0.121. The molecule has 0 spiro atoms. The Labute approximate surface area is 163 Å². The van der Waals surface area contributed by atoms with Gasteiger partial charge in [-0.15, -0.1) is 11.3 Å². The molecule has 2 heterocycles. The highest BCUT2D eigenvalue weighted by atomic mass is 32.1. The lowest BCUT2D eigenvalue weighted by Crippen LogP contribution is -2.28. The van der Waals surface area contributed by atoms with E-state index >= 15 is 0 Å². The molecule has 0 unspecified atom stereocenters. The molecule has 0 aliphatic carbocycles. The van der Waals surface area contributed by atoms with Gasteiger partial charge in [-0.3, -0.25) is 14.9 Å². The van der Waals surface area contributed by atoms with Crippen LogP contribution in [0, 0.1) is 18.6 Å². The summed E-state index contributed by atoms with van der Waals surface area (Å²) in [6.45, 7) is 3.28. The highest BCUT2D eigenvalue weighted by molar-refractivity contribution is 7.14. The van der Waals surface area contributed by atoms with Crippen LogP contribution in [0.5, 0.6) is 0 Å². The number of aryl methyl sites for hydroxylation is 1. The van der Waals surface area contributed by atoms with E-state index in [9.17, 15) is 18.4 Å². The molecule has 1 aromatic carbocycles. The molecule has 0 saturated carbocycles. The van der Waals surface area contributed by atoms with Crippen LogP contribution in [0.15, 0.2) is 40.3 Å². The van der Waals surface area contributed by atoms with Crippen LogP contribution < -0.4 is 10.6 Å². The fourth-order valence-corrected chi connectivity index (χ4v) is 3.32. The third kappa shape index (κ3) is 4.61. The summed E-state index contributed by atoms with van der Waals surface area (Å²) < 4.78 is 31.9. The van der Waals surface area contributed by atoms with Gasteiger partial charge in [0.15, 0.2) is 5.13 Å². The minimum Gasteiger partial charge on any atom is -0.469 e. The van der Waals surface area contributed by atoms with Gasteiger partial charge in [0.05, 0.1) is 30.0 Å². The Morgan fingerprint density at radius 2 is 2.07 bits per heavy atom. The summed E-state index contributed by atoms with van der Waals surface area (Å²) in [5.41, 5.74) is 1.06. The second-order valence-electron chi connectivity index (χ2n) is 6.12. The molecule has 0 fully saturated rings. The zero-order valence-electron chi connectivity index (χ0n) is 15.1. The molecule has 0 saturated heterocycles. The molecular weight excluding hydrogens is 388 g/mol. The quantitative estimate of drug-likeness (QED) is 0.649. The number of amides is 2. The van der Waals surface area contributed by atoms with Gasteiger partial charge in [0, 0.05) is 17.0 Å². The minimum atomic E-state index is -0.721. The van der Waals surface area contributed by atoms with Crippen molar-refractivity contribution in [2.45, 2.75) is 26.3 Å². The van der Waals surface area contributed by atoms with Crippen molar-refractivity contribution in [3.05, 3.63) is 70.1 Å². The topological polar surface area (TPSA) is 84.2 Å². The van der Waals surface area contributed by atoms with Crippen LogP contribution in [0.2, 0.25) is 0 Å². The third-order valence-electron chi connectivity index (χ3n) is 4.02. The lowest BCUT2D eigenvalue weighted by atomic mass is 10.1. The molecule has 3 rings (SSSR count). The Morgan fingerprint density at radius 1 is 1.29 bits per heavy atom. The first-order valence-electron chi connectivity index (χ1n) is 8.37. The van der Waals surface area contributed by atoms with Crippen molar-refractivity contribution < 1.29 is 22.8 Å². The molecule has 2 amide bonds.